The van der Waals surface area contributed by atoms with E-state index in [1.165, 1.54) is 36.7 Å². The van der Waals surface area contributed by atoms with Gasteiger partial charge in [0, 0.05) is 12.4 Å². The predicted molar refractivity (Wildman–Crippen MR) is 73.0 cm³/mol. The van der Waals surface area contributed by atoms with Crippen LogP contribution in [0.25, 0.3) is 0 Å². The van der Waals surface area contributed by atoms with Gasteiger partial charge in [-0.15, -0.1) is 20.4 Å². The van der Waals surface area contributed by atoms with Crippen molar-refractivity contribution < 1.29 is 9.59 Å². The van der Waals surface area contributed by atoms with Crippen molar-refractivity contribution in [2.24, 2.45) is 0 Å². The van der Waals surface area contributed by atoms with Gasteiger partial charge in [-0.1, -0.05) is 0 Å². The molecule has 0 fully saturated rings. The lowest BCUT2D eigenvalue weighted by Gasteiger charge is -2.00. The lowest BCUT2D eigenvalue weighted by atomic mass is 10.1. The molecule has 22 heavy (non-hydrogen) atoms. The Balaban J connectivity index is 1.84. The number of aromatic nitrogens is 6. The fourth-order valence-corrected chi connectivity index (χ4v) is 1.68. The molecule has 0 aliphatic rings. The fourth-order valence-electron chi connectivity index (χ4n) is 1.68. The van der Waals surface area contributed by atoms with Crippen LogP contribution >= 0.6 is 0 Å². The molecule has 0 saturated carbocycles. The van der Waals surface area contributed by atoms with Gasteiger partial charge in [0.1, 0.15) is 22.8 Å². The lowest BCUT2D eigenvalue weighted by Crippen LogP contribution is -2.12. The van der Waals surface area contributed by atoms with Crippen molar-refractivity contribution in [2.45, 2.75) is 0 Å². The van der Waals surface area contributed by atoms with E-state index in [0.29, 0.717) is 0 Å². The Labute approximate surface area is 124 Å². The van der Waals surface area contributed by atoms with E-state index in [2.05, 4.69) is 30.6 Å². The Morgan fingerprint density at radius 2 is 1.00 bits per heavy atom. The highest BCUT2D eigenvalue weighted by molar-refractivity contribution is 6.08. The first-order chi connectivity index (χ1) is 10.8. The molecular formula is C14H8N6O2. The molecule has 3 aromatic heterocycles. The summed E-state index contributed by atoms with van der Waals surface area (Å²) in [6, 6.07) is 9.06. The van der Waals surface area contributed by atoms with E-state index >= 15 is 0 Å². The highest BCUT2D eigenvalue weighted by Crippen LogP contribution is 2.07. The number of hydrogen-bond acceptors (Lipinski definition) is 8. The van der Waals surface area contributed by atoms with Gasteiger partial charge in [-0.05, 0) is 36.4 Å². The zero-order valence-electron chi connectivity index (χ0n) is 11.1. The SMILES string of the molecule is O=C(c1cccnn1)c1ccc(C(=O)c2cccnn2)nn1. The van der Waals surface area contributed by atoms with Gasteiger partial charge < -0.3 is 0 Å². The summed E-state index contributed by atoms with van der Waals surface area (Å²) in [5, 5.41) is 22.2. The van der Waals surface area contributed by atoms with Gasteiger partial charge in [0.05, 0.1) is 0 Å². The number of nitrogens with zero attached hydrogens (tertiary/aromatic N) is 6. The highest BCUT2D eigenvalue weighted by atomic mass is 16.1. The van der Waals surface area contributed by atoms with Gasteiger partial charge in [-0.2, -0.15) is 10.2 Å². The van der Waals surface area contributed by atoms with Crippen molar-refractivity contribution in [2.75, 3.05) is 0 Å². The summed E-state index contributed by atoms with van der Waals surface area (Å²) in [4.78, 5) is 24.2. The van der Waals surface area contributed by atoms with Crippen LogP contribution in [0.2, 0.25) is 0 Å². The smallest absolute Gasteiger partial charge is 0.233 e. The predicted octanol–water partition coefficient (Wildman–Crippen LogP) is 0.519. The molecule has 3 aromatic rings. The number of ketones is 2. The second kappa shape index (κ2) is 5.92. The minimum atomic E-state index is -0.417. The molecule has 0 radical (unpaired) electrons. The molecule has 0 N–H and O–H groups in total. The van der Waals surface area contributed by atoms with Crippen LogP contribution in [0.5, 0.6) is 0 Å². The standard InChI is InChI=1S/C14H8N6O2/c21-13(9-3-1-7-15-17-9)11-5-6-12(20-19-11)14(22)10-4-2-8-16-18-10/h1-8H. The van der Waals surface area contributed by atoms with E-state index in [1.54, 1.807) is 12.1 Å². The number of carbonyl (C=O) groups is 2. The van der Waals surface area contributed by atoms with Crippen molar-refractivity contribution in [1.29, 1.82) is 0 Å². The normalized spacial score (nSPS) is 10.2. The number of carbonyl (C=O) groups excluding carboxylic acids is 2. The largest absolute Gasteiger partial charge is 0.285 e. The first-order valence-corrected chi connectivity index (χ1v) is 6.24. The third-order valence-electron chi connectivity index (χ3n) is 2.74. The second-order valence-electron chi connectivity index (χ2n) is 4.18. The first-order valence-electron chi connectivity index (χ1n) is 6.24. The Morgan fingerprint density at radius 3 is 1.32 bits per heavy atom. The highest BCUT2D eigenvalue weighted by Gasteiger charge is 2.16. The van der Waals surface area contributed by atoms with E-state index in [0.717, 1.165) is 0 Å². The number of rotatable bonds is 4. The average molecular weight is 292 g/mol. The van der Waals surface area contributed by atoms with Gasteiger partial charge in [0.15, 0.2) is 0 Å². The van der Waals surface area contributed by atoms with Gasteiger partial charge >= 0.3 is 0 Å². The molecule has 3 rings (SSSR count). The summed E-state index contributed by atoms with van der Waals surface area (Å²) in [6.07, 6.45) is 2.93. The molecule has 0 saturated heterocycles. The molecule has 0 atom stereocenters. The molecule has 0 aromatic carbocycles. The zero-order chi connectivity index (χ0) is 15.4. The lowest BCUT2D eigenvalue weighted by molar-refractivity contribution is 0.101. The van der Waals surface area contributed by atoms with Crippen LogP contribution in [0.15, 0.2) is 48.8 Å². The summed E-state index contributed by atoms with van der Waals surface area (Å²) in [6.45, 7) is 0. The molecule has 0 bridgehead atoms. The van der Waals surface area contributed by atoms with Crippen molar-refractivity contribution >= 4 is 11.6 Å². The zero-order valence-corrected chi connectivity index (χ0v) is 11.1. The van der Waals surface area contributed by atoms with E-state index < -0.39 is 11.6 Å². The monoisotopic (exact) mass is 292 g/mol. The minimum absolute atomic E-state index is 0.0798. The van der Waals surface area contributed by atoms with Crippen LogP contribution in [-0.4, -0.2) is 42.2 Å². The van der Waals surface area contributed by atoms with Gasteiger partial charge in [0.2, 0.25) is 11.6 Å². The van der Waals surface area contributed by atoms with Crippen molar-refractivity contribution in [3.8, 4) is 0 Å². The van der Waals surface area contributed by atoms with E-state index in [1.807, 2.05) is 0 Å². The molecule has 0 aliphatic carbocycles. The van der Waals surface area contributed by atoms with Crippen LogP contribution in [-0.2, 0) is 0 Å². The molecule has 0 unspecified atom stereocenters. The second-order valence-corrected chi connectivity index (χ2v) is 4.18. The van der Waals surface area contributed by atoms with Crippen LogP contribution < -0.4 is 0 Å². The molecule has 8 heteroatoms. The summed E-state index contributed by atoms with van der Waals surface area (Å²) >= 11 is 0. The maximum atomic E-state index is 12.1. The molecule has 0 aliphatic heterocycles. The minimum Gasteiger partial charge on any atom is -0.285 e. The van der Waals surface area contributed by atoms with Gasteiger partial charge in [-0.25, -0.2) is 0 Å². The topological polar surface area (TPSA) is 111 Å². The van der Waals surface area contributed by atoms with E-state index in [-0.39, 0.29) is 22.8 Å². The van der Waals surface area contributed by atoms with E-state index in [4.69, 9.17) is 0 Å². The van der Waals surface area contributed by atoms with Gasteiger partial charge in [0.25, 0.3) is 0 Å². The Hall–Kier alpha value is -3.42. The van der Waals surface area contributed by atoms with E-state index in [9.17, 15) is 9.59 Å². The van der Waals surface area contributed by atoms with Crippen molar-refractivity contribution in [3.05, 3.63) is 71.6 Å². The first kappa shape index (κ1) is 13.6. The number of hydrogen-bond donors (Lipinski definition) is 0. The maximum Gasteiger partial charge on any atom is 0.233 e. The molecular weight excluding hydrogens is 284 g/mol. The Morgan fingerprint density at radius 1 is 0.591 bits per heavy atom. The summed E-state index contributed by atoms with van der Waals surface area (Å²) in [5.41, 5.74) is 0.474. The summed E-state index contributed by atoms with van der Waals surface area (Å²) < 4.78 is 0. The van der Waals surface area contributed by atoms with Gasteiger partial charge in [-0.3, -0.25) is 9.59 Å². The molecule has 0 amide bonds. The third kappa shape index (κ3) is 2.70. The molecule has 0 spiro atoms. The molecule has 3 heterocycles. The van der Waals surface area contributed by atoms with Crippen LogP contribution in [0.3, 0.4) is 0 Å². The van der Waals surface area contributed by atoms with Crippen LogP contribution in [0, 0.1) is 0 Å². The Kier molecular flexibility index (Phi) is 3.65. The Bertz CT molecular complexity index is 735. The summed E-state index contributed by atoms with van der Waals surface area (Å²) in [7, 11) is 0. The van der Waals surface area contributed by atoms with Crippen molar-refractivity contribution in [1.82, 2.24) is 30.6 Å². The third-order valence-corrected chi connectivity index (χ3v) is 2.74. The fraction of sp³-hybridized carbons (Fsp3) is 0. The average Bonchev–Trinajstić information content (AvgIpc) is 2.62. The maximum absolute atomic E-state index is 12.1. The van der Waals surface area contributed by atoms with Crippen LogP contribution in [0.4, 0.5) is 0 Å². The quantitative estimate of drug-likeness (QED) is 0.640. The summed E-state index contributed by atoms with van der Waals surface area (Å²) in [5.74, 6) is -0.835. The molecule has 106 valence electrons. The van der Waals surface area contributed by atoms with Crippen molar-refractivity contribution in [3.63, 3.8) is 0 Å². The van der Waals surface area contributed by atoms with Crippen LogP contribution in [0.1, 0.15) is 32.4 Å². The molecule has 8 nitrogen and oxygen atoms in total.